The van der Waals surface area contributed by atoms with Gasteiger partial charge in [0.2, 0.25) is 0 Å². The van der Waals surface area contributed by atoms with Gasteiger partial charge < -0.3 is 29.6 Å². The van der Waals surface area contributed by atoms with Crippen molar-refractivity contribution in [2.75, 3.05) is 21.3 Å². The topological polar surface area (TPSA) is 169 Å². The summed E-state index contributed by atoms with van der Waals surface area (Å²) in [6, 6.07) is 29.5. The molecule has 0 saturated carbocycles. The summed E-state index contributed by atoms with van der Waals surface area (Å²) in [4.78, 5) is 25.0. The first-order chi connectivity index (χ1) is 22.8. The van der Waals surface area contributed by atoms with Gasteiger partial charge in [-0.2, -0.15) is 16.8 Å². The third-order valence-electron chi connectivity index (χ3n) is 6.66. The Kier molecular flexibility index (Phi) is 9.96. The van der Waals surface area contributed by atoms with Crippen molar-refractivity contribution in [1.29, 1.82) is 0 Å². The number of hydrogen-bond donors (Lipinski definition) is 4. The quantitative estimate of drug-likeness (QED) is 0.113. The average molecular weight is 687 g/mol. The summed E-state index contributed by atoms with van der Waals surface area (Å²) in [5.74, 6) is 0.174. The second-order valence-electron chi connectivity index (χ2n) is 10.5. The Morgan fingerprint density at radius 3 is 0.938 bits per heavy atom. The molecule has 246 valence electrons. The largest absolute Gasteiger partial charge is 0.379 e. The van der Waals surface area contributed by atoms with E-state index in [-0.39, 0.29) is 21.3 Å². The zero-order chi connectivity index (χ0) is 34.3. The van der Waals surface area contributed by atoms with Gasteiger partial charge in [0.25, 0.3) is 0 Å². The summed E-state index contributed by atoms with van der Waals surface area (Å²) < 4.78 is 60.3. The number of carbonyl (C=O) groups is 2. The van der Waals surface area contributed by atoms with E-state index in [9.17, 15) is 26.4 Å². The van der Waals surface area contributed by atoms with E-state index in [2.05, 4.69) is 21.3 Å². The number of urea groups is 2. The molecule has 0 unspecified atom stereocenters. The lowest BCUT2D eigenvalue weighted by atomic mass is 10.2. The average Bonchev–Trinajstić information content (AvgIpc) is 3.04. The molecule has 12 nitrogen and oxygen atoms in total. The van der Waals surface area contributed by atoms with Gasteiger partial charge in [0, 0.05) is 22.7 Å². The summed E-state index contributed by atoms with van der Waals surface area (Å²) in [6.45, 7) is 3.70. The molecule has 0 fully saturated rings. The molecule has 5 rings (SSSR count). The molecule has 4 N–H and O–H groups in total. The van der Waals surface area contributed by atoms with Crippen LogP contribution in [0.2, 0.25) is 0 Å². The number of aryl methyl sites for hydroxylation is 2. The molecule has 0 saturated heterocycles. The van der Waals surface area contributed by atoms with Crippen molar-refractivity contribution in [2.24, 2.45) is 0 Å². The first-order valence-electron chi connectivity index (χ1n) is 14.3. The van der Waals surface area contributed by atoms with Crippen LogP contribution in [0.15, 0.2) is 131 Å². The van der Waals surface area contributed by atoms with Gasteiger partial charge >= 0.3 is 32.3 Å². The van der Waals surface area contributed by atoms with Crippen LogP contribution in [0.25, 0.3) is 0 Å². The zero-order valence-corrected chi connectivity index (χ0v) is 27.3. The lowest BCUT2D eigenvalue weighted by Crippen LogP contribution is -2.20. The minimum absolute atomic E-state index is 0.0308. The highest BCUT2D eigenvalue weighted by Crippen LogP contribution is 2.23. The monoisotopic (exact) mass is 686 g/mol. The molecule has 0 aliphatic heterocycles. The summed E-state index contributed by atoms with van der Waals surface area (Å²) in [7, 11) is -8.01. The number of carbonyl (C=O) groups excluding carboxylic acids is 2. The van der Waals surface area contributed by atoms with Crippen LogP contribution < -0.4 is 29.6 Å². The number of benzene rings is 5. The highest BCUT2D eigenvalue weighted by Gasteiger charge is 2.18. The summed E-state index contributed by atoms with van der Waals surface area (Å²) in [5.41, 5.74) is 3.52. The Hall–Kier alpha value is -5.86. The molecule has 0 aliphatic carbocycles. The van der Waals surface area contributed by atoms with Gasteiger partial charge in [0.15, 0.2) is 0 Å². The Morgan fingerprint density at radius 1 is 0.417 bits per heavy atom. The minimum atomic E-state index is -4.00. The molecule has 0 atom stereocenters. The van der Waals surface area contributed by atoms with Gasteiger partial charge in [-0.1, -0.05) is 35.4 Å². The summed E-state index contributed by atoms with van der Waals surface area (Å²) >= 11 is 0. The molecule has 0 bridgehead atoms. The van der Waals surface area contributed by atoms with Crippen LogP contribution >= 0.6 is 0 Å². The van der Waals surface area contributed by atoms with Crippen molar-refractivity contribution >= 4 is 55.0 Å². The predicted octanol–water partition coefficient (Wildman–Crippen LogP) is 7.13. The van der Waals surface area contributed by atoms with Gasteiger partial charge in [-0.3, -0.25) is 0 Å². The first-order valence-corrected chi connectivity index (χ1v) is 17.1. The van der Waals surface area contributed by atoms with Crippen LogP contribution in [0.5, 0.6) is 11.5 Å². The minimum Gasteiger partial charge on any atom is -0.379 e. The lowest BCUT2D eigenvalue weighted by molar-refractivity contribution is 0.261. The molecule has 4 amide bonds. The highest BCUT2D eigenvalue weighted by molar-refractivity contribution is 7.87. The molecule has 48 heavy (non-hydrogen) atoms. The van der Waals surface area contributed by atoms with E-state index in [0.717, 1.165) is 11.1 Å². The van der Waals surface area contributed by atoms with E-state index < -0.39 is 32.3 Å². The van der Waals surface area contributed by atoms with Crippen LogP contribution in [0.1, 0.15) is 11.1 Å². The van der Waals surface area contributed by atoms with Gasteiger partial charge in [-0.05, 0) is 111 Å². The zero-order valence-electron chi connectivity index (χ0n) is 25.6. The second kappa shape index (κ2) is 14.3. The molecule has 0 heterocycles. The van der Waals surface area contributed by atoms with E-state index >= 15 is 0 Å². The third-order valence-corrected chi connectivity index (χ3v) is 9.18. The van der Waals surface area contributed by atoms with E-state index in [1.54, 1.807) is 48.5 Å². The molecule has 0 spiro atoms. The van der Waals surface area contributed by atoms with E-state index in [1.165, 1.54) is 72.8 Å². The van der Waals surface area contributed by atoms with Crippen LogP contribution in [0.4, 0.5) is 32.3 Å². The molecule has 5 aromatic rings. The van der Waals surface area contributed by atoms with Crippen LogP contribution in [0.3, 0.4) is 0 Å². The van der Waals surface area contributed by atoms with E-state index in [1.807, 2.05) is 13.8 Å². The van der Waals surface area contributed by atoms with E-state index in [0.29, 0.717) is 22.7 Å². The van der Waals surface area contributed by atoms with Crippen molar-refractivity contribution in [2.45, 2.75) is 23.6 Å². The molecule has 5 aromatic carbocycles. The normalized spacial score (nSPS) is 11.2. The third kappa shape index (κ3) is 9.11. The Morgan fingerprint density at radius 2 is 0.667 bits per heavy atom. The molecule has 0 aromatic heterocycles. The summed E-state index contributed by atoms with van der Waals surface area (Å²) in [5, 5.41) is 10.6. The van der Waals surface area contributed by atoms with Crippen LogP contribution in [0, 0.1) is 13.8 Å². The first kappa shape index (κ1) is 33.5. The number of anilines is 4. The predicted molar refractivity (Wildman–Crippen MR) is 183 cm³/mol. The number of amides is 4. The SMILES string of the molecule is Cc1ccc(S(=O)(=O)Oc2ccc(NC(=O)Nc3ccc(NC(=O)Nc4ccc(OS(=O)(=O)c5ccc(C)cc5)cc4)cc3)cc2)cc1. The van der Waals surface area contributed by atoms with Crippen LogP contribution in [-0.4, -0.2) is 28.9 Å². The van der Waals surface area contributed by atoms with Gasteiger partial charge in [0.05, 0.1) is 0 Å². The fraction of sp³-hybridized carbons (Fsp3) is 0.0588. The van der Waals surface area contributed by atoms with Crippen molar-refractivity contribution in [3.05, 3.63) is 132 Å². The van der Waals surface area contributed by atoms with Crippen molar-refractivity contribution < 1.29 is 34.8 Å². The molecular formula is C34H30N4O8S2. The Balaban J connectivity index is 1.08. The van der Waals surface area contributed by atoms with Crippen molar-refractivity contribution in [3.8, 4) is 11.5 Å². The van der Waals surface area contributed by atoms with Crippen LogP contribution in [-0.2, 0) is 20.2 Å². The van der Waals surface area contributed by atoms with Gasteiger partial charge in [0.1, 0.15) is 21.3 Å². The fourth-order valence-corrected chi connectivity index (χ4v) is 6.03. The second-order valence-corrected chi connectivity index (χ2v) is 13.6. The number of rotatable bonds is 10. The molecule has 0 aliphatic rings. The smallest absolute Gasteiger partial charge is 0.339 e. The Labute approximate surface area is 278 Å². The number of hydrogen-bond acceptors (Lipinski definition) is 8. The molecule has 14 heteroatoms. The fourth-order valence-electron chi connectivity index (χ4n) is 4.17. The number of nitrogens with one attached hydrogen (secondary N) is 4. The van der Waals surface area contributed by atoms with Crippen molar-refractivity contribution in [1.82, 2.24) is 0 Å². The molecule has 0 radical (unpaired) electrons. The molecular weight excluding hydrogens is 657 g/mol. The maximum atomic E-state index is 12.5. The van der Waals surface area contributed by atoms with Crippen molar-refractivity contribution in [3.63, 3.8) is 0 Å². The Bertz CT molecular complexity index is 1960. The van der Waals surface area contributed by atoms with Gasteiger partial charge in [-0.15, -0.1) is 0 Å². The summed E-state index contributed by atoms with van der Waals surface area (Å²) in [6.07, 6.45) is 0. The van der Waals surface area contributed by atoms with E-state index in [4.69, 9.17) is 8.37 Å². The standard InChI is InChI=1S/C34H30N4O8S2/c1-23-3-19-31(20-4-23)47(41,42)45-29-15-11-27(12-16-29)37-33(39)35-25-7-9-26(10-8-25)36-34(40)38-28-13-17-30(18-14-28)46-48(43,44)32-21-5-24(2)6-22-32/h3-22H,1-2H3,(H2,35,37,39)(H2,36,38,40). The lowest BCUT2D eigenvalue weighted by Gasteiger charge is -2.11. The highest BCUT2D eigenvalue weighted by atomic mass is 32.2. The maximum absolute atomic E-state index is 12.5. The van der Waals surface area contributed by atoms with Gasteiger partial charge in [-0.25, -0.2) is 9.59 Å². The maximum Gasteiger partial charge on any atom is 0.339 e.